The number of hydrogen-bond acceptors (Lipinski definition) is 5. The molecule has 1 N–H and O–H groups in total. The van der Waals surface area contributed by atoms with Gasteiger partial charge in [0.25, 0.3) is 5.88 Å². The number of likely N-dealkylation sites (tertiary alicyclic amines) is 1. The number of aromatic nitrogens is 1. The van der Waals surface area contributed by atoms with Crippen LogP contribution in [0.1, 0.15) is 12.8 Å². The van der Waals surface area contributed by atoms with Gasteiger partial charge in [-0.2, -0.15) is 0 Å². The van der Waals surface area contributed by atoms with Crippen LogP contribution in [0.3, 0.4) is 0 Å². The van der Waals surface area contributed by atoms with Gasteiger partial charge in [0.1, 0.15) is 12.4 Å². The molecule has 1 atom stereocenters. The fourth-order valence-corrected chi connectivity index (χ4v) is 3.49. The van der Waals surface area contributed by atoms with Crippen molar-refractivity contribution in [1.82, 2.24) is 10.1 Å². The molecule has 0 radical (unpaired) electrons. The predicted molar refractivity (Wildman–Crippen MR) is 99.4 cm³/mol. The molecule has 4 rings (SSSR count). The highest BCUT2D eigenvalue weighted by Crippen LogP contribution is 2.32. The normalized spacial score (nSPS) is 16.8. The molecule has 10 heteroatoms. The smallest absolute Gasteiger partial charge is 0.473 e. The summed E-state index contributed by atoms with van der Waals surface area (Å²) in [6, 6.07) is 10.4. The van der Waals surface area contributed by atoms with E-state index in [9.17, 15) is 23.1 Å². The molecule has 158 valence electrons. The number of benzene rings is 2. The van der Waals surface area contributed by atoms with Crippen molar-refractivity contribution >= 4 is 17.1 Å². The van der Waals surface area contributed by atoms with E-state index in [0.29, 0.717) is 29.5 Å². The Bertz CT molecular complexity index is 1050. The van der Waals surface area contributed by atoms with Crippen LogP contribution in [0.4, 0.5) is 18.0 Å². The molecule has 0 spiro atoms. The largest absolute Gasteiger partial charge is 0.573 e. The van der Waals surface area contributed by atoms with Gasteiger partial charge in [0, 0.05) is 6.54 Å². The average Bonchev–Trinajstić information content (AvgIpc) is 3.32. The molecule has 0 aliphatic carbocycles. The summed E-state index contributed by atoms with van der Waals surface area (Å²) in [5.74, 6) is -0.0676. The summed E-state index contributed by atoms with van der Waals surface area (Å²) in [5.41, 5.74) is 1.88. The minimum Gasteiger partial charge on any atom is -0.473 e. The number of hydrogen-bond donors (Lipinski definition) is 1. The Balaban J connectivity index is 1.52. The Hall–Kier alpha value is -3.43. The summed E-state index contributed by atoms with van der Waals surface area (Å²) >= 11 is 0. The van der Waals surface area contributed by atoms with Gasteiger partial charge in [-0.1, -0.05) is 18.2 Å². The highest BCUT2D eigenvalue weighted by Gasteiger charge is 2.31. The molecule has 1 amide bonds. The van der Waals surface area contributed by atoms with Crippen molar-refractivity contribution in [2.24, 2.45) is 0 Å². The van der Waals surface area contributed by atoms with Crippen LogP contribution in [-0.4, -0.2) is 46.8 Å². The van der Waals surface area contributed by atoms with E-state index in [2.05, 4.69) is 9.89 Å². The molecule has 1 aliphatic rings. The Labute approximate surface area is 168 Å². The number of rotatable bonds is 5. The van der Waals surface area contributed by atoms with Gasteiger partial charge in [-0.3, -0.25) is 0 Å². The first kappa shape index (κ1) is 19.9. The highest BCUT2D eigenvalue weighted by atomic mass is 19.4. The zero-order chi connectivity index (χ0) is 21.3. The van der Waals surface area contributed by atoms with E-state index >= 15 is 0 Å². The topological polar surface area (TPSA) is 85.0 Å². The average molecular weight is 422 g/mol. The van der Waals surface area contributed by atoms with E-state index in [-0.39, 0.29) is 24.3 Å². The van der Waals surface area contributed by atoms with E-state index in [1.54, 1.807) is 18.2 Å². The zero-order valence-corrected chi connectivity index (χ0v) is 15.6. The zero-order valence-electron chi connectivity index (χ0n) is 15.6. The molecule has 1 saturated heterocycles. The Morgan fingerprint density at radius 2 is 1.93 bits per heavy atom. The lowest BCUT2D eigenvalue weighted by atomic mass is 10.0. The van der Waals surface area contributed by atoms with Crippen molar-refractivity contribution in [3.05, 3.63) is 42.5 Å². The number of alkyl halides is 3. The van der Waals surface area contributed by atoms with Crippen LogP contribution in [0.2, 0.25) is 0 Å². The van der Waals surface area contributed by atoms with E-state index < -0.39 is 12.5 Å². The van der Waals surface area contributed by atoms with Crippen LogP contribution < -0.4 is 9.47 Å². The minimum atomic E-state index is -4.75. The Morgan fingerprint density at radius 3 is 2.63 bits per heavy atom. The highest BCUT2D eigenvalue weighted by molar-refractivity contribution is 5.87. The van der Waals surface area contributed by atoms with Crippen LogP contribution in [0, 0.1) is 0 Å². The summed E-state index contributed by atoms with van der Waals surface area (Å²) in [7, 11) is 0. The molecule has 30 heavy (non-hydrogen) atoms. The van der Waals surface area contributed by atoms with Crippen LogP contribution in [0.15, 0.2) is 47.0 Å². The lowest BCUT2D eigenvalue weighted by molar-refractivity contribution is -0.274. The molecular formula is C20H17F3N2O5. The van der Waals surface area contributed by atoms with Crippen LogP contribution in [0.5, 0.6) is 11.6 Å². The van der Waals surface area contributed by atoms with E-state index in [0.717, 1.165) is 12.0 Å². The molecule has 0 bridgehead atoms. The number of nitrogens with zero attached hydrogens (tertiary/aromatic N) is 2. The number of amides is 1. The van der Waals surface area contributed by atoms with Crippen molar-refractivity contribution in [3.63, 3.8) is 0 Å². The van der Waals surface area contributed by atoms with Gasteiger partial charge in [-0.25, -0.2) is 4.79 Å². The maximum absolute atomic E-state index is 12.3. The maximum atomic E-state index is 12.3. The predicted octanol–water partition coefficient (Wildman–Crippen LogP) is 4.91. The van der Waals surface area contributed by atoms with E-state index in [1.165, 1.54) is 29.2 Å². The molecule has 0 saturated carbocycles. The number of halogens is 3. The number of ether oxygens (including phenoxy) is 2. The summed E-state index contributed by atoms with van der Waals surface area (Å²) in [5, 5.41) is 13.7. The second kappa shape index (κ2) is 7.77. The lowest BCUT2D eigenvalue weighted by Crippen LogP contribution is -2.38. The third kappa shape index (κ3) is 4.27. The van der Waals surface area contributed by atoms with E-state index in [4.69, 9.17) is 9.26 Å². The fraction of sp³-hybridized carbons (Fsp3) is 0.300. The molecule has 3 aromatic rings. The molecule has 0 unspecified atom stereocenters. The summed E-state index contributed by atoms with van der Waals surface area (Å²) < 4.78 is 51.8. The van der Waals surface area contributed by atoms with Gasteiger partial charge in [0.15, 0.2) is 5.58 Å². The van der Waals surface area contributed by atoms with Gasteiger partial charge in [0.05, 0.1) is 11.4 Å². The minimum absolute atomic E-state index is 0.154. The van der Waals surface area contributed by atoms with Gasteiger partial charge in [-0.15, -0.1) is 13.2 Å². The molecule has 1 fully saturated rings. The third-order valence-corrected chi connectivity index (χ3v) is 4.89. The first-order valence-corrected chi connectivity index (χ1v) is 9.18. The van der Waals surface area contributed by atoms with Gasteiger partial charge in [-0.05, 0) is 53.4 Å². The molecule has 2 aromatic carbocycles. The summed E-state index contributed by atoms with van der Waals surface area (Å²) in [6.45, 7) is 0.628. The van der Waals surface area contributed by atoms with Crippen molar-refractivity contribution < 1.29 is 37.1 Å². The number of carboxylic acid groups (broad SMARTS) is 1. The van der Waals surface area contributed by atoms with Crippen molar-refractivity contribution in [2.45, 2.75) is 25.2 Å². The standard InChI is InChI=1S/C20H17F3N2O5/c21-20(22,23)29-15-6-3-12(4-7-15)13-5-8-17-16(10-13)18(24-30-17)28-11-14-2-1-9-25(14)19(26)27/h3-8,10,14H,1-2,9,11H2,(H,26,27)/t14-/m0/s1. The second-order valence-electron chi connectivity index (χ2n) is 6.85. The first-order valence-electron chi connectivity index (χ1n) is 9.18. The molecule has 7 nitrogen and oxygen atoms in total. The third-order valence-electron chi connectivity index (χ3n) is 4.89. The van der Waals surface area contributed by atoms with Gasteiger partial charge in [0.2, 0.25) is 0 Å². The second-order valence-corrected chi connectivity index (χ2v) is 6.85. The number of fused-ring (bicyclic) bond motifs is 1. The van der Waals surface area contributed by atoms with Crippen molar-refractivity contribution in [3.8, 4) is 22.8 Å². The SMILES string of the molecule is O=C(O)N1CCC[C@H]1COc1noc2ccc(-c3ccc(OC(F)(F)F)cc3)cc12. The number of carbonyl (C=O) groups is 1. The Morgan fingerprint density at radius 1 is 1.20 bits per heavy atom. The molecular weight excluding hydrogens is 405 g/mol. The van der Waals surface area contributed by atoms with Gasteiger partial charge < -0.3 is 24.0 Å². The monoisotopic (exact) mass is 422 g/mol. The molecule has 1 aromatic heterocycles. The summed E-state index contributed by atoms with van der Waals surface area (Å²) in [4.78, 5) is 12.6. The van der Waals surface area contributed by atoms with Crippen molar-refractivity contribution in [2.75, 3.05) is 13.2 Å². The van der Waals surface area contributed by atoms with Crippen LogP contribution >= 0.6 is 0 Å². The Kier molecular flexibility index (Phi) is 5.15. The van der Waals surface area contributed by atoms with Crippen molar-refractivity contribution in [1.29, 1.82) is 0 Å². The quantitative estimate of drug-likeness (QED) is 0.629. The molecule has 1 aliphatic heterocycles. The lowest BCUT2D eigenvalue weighted by Gasteiger charge is -2.20. The van der Waals surface area contributed by atoms with Gasteiger partial charge >= 0.3 is 12.5 Å². The van der Waals surface area contributed by atoms with E-state index in [1.807, 2.05) is 0 Å². The van der Waals surface area contributed by atoms with Crippen LogP contribution in [-0.2, 0) is 0 Å². The van der Waals surface area contributed by atoms with Crippen LogP contribution in [0.25, 0.3) is 22.1 Å². The summed E-state index contributed by atoms with van der Waals surface area (Å²) in [6.07, 6.45) is -4.24. The fourth-order valence-electron chi connectivity index (χ4n) is 3.49. The first-order chi connectivity index (χ1) is 14.3. The molecule has 2 heterocycles. The maximum Gasteiger partial charge on any atom is 0.573 e.